The lowest BCUT2D eigenvalue weighted by molar-refractivity contribution is -0.125. The summed E-state index contributed by atoms with van der Waals surface area (Å²) in [7, 11) is -2.22. The lowest BCUT2D eigenvalue weighted by atomic mass is 10.1. The summed E-state index contributed by atoms with van der Waals surface area (Å²) in [6, 6.07) is 8.46. The Hall–Kier alpha value is -2.15. The number of hydrogen-bond acceptors (Lipinski definition) is 4. The number of rotatable bonds is 10. The minimum absolute atomic E-state index is 0.0755. The number of nitrogens with zero attached hydrogens (tertiary/aromatic N) is 3. The van der Waals surface area contributed by atoms with E-state index in [2.05, 4.69) is 49.2 Å². The Morgan fingerprint density at radius 2 is 1.96 bits per heavy atom. The lowest BCUT2D eigenvalue weighted by Gasteiger charge is -2.40. The zero-order chi connectivity index (χ0) is 20.5. The van der Waals surface area contributed by atoms with E-state index in [4.69, 9.17) is 9.96 Å². The van der Waals surface area contributed by atoms with Gasteiger partial charge < -0.3 is 14.5 Å². The standard InChI is InChI=1S/C19H30N4O3Si/c1-19(2,3)27(4,5)26-16(12-9-13-24)17(22-23-20)18(25)21-14-15-10-7-6-8-11-15/h6-8,10-11,13,16-17H,9,12,14H2,1-5H3,(H,21,25)/t16-,17+/m1/s1. The Bertz CT molecular complexity index is 667. The van der Waals surface area contributed by atoms with E-state index in [1.165, 1.54) is 0 Å². The normalized spacial score (nSPS) is 14.0. The van der Waals surface area contributed by atoms with Gasteiger partial charge in [-0.05, 0) is 35.6 Å². The molecule has 0 saturated carbocycles. The third-order valence-electron chi connectivity index (χ3n) is 4.93. The first-order chi connectivity index (χ1) is 12.6. The molecule has 1 amide bonds. The fourth-order valence-corrected chi connectivity index (χ4v) is 3.67. The average molecular weight is 391 g/mol. The molecule has 1 aromatic carbocycles. The number of hydrogen-bond donors (Lipinski definition) is 1. The van der Waals surface area contributed by atoms with Gasteiger partial charge in [0.2, 0.25) is 5.91 Å². The molecular weight excluding hydrogens is 360 g/mol. The first-order valence-electron chi connectivity index (χ1n) is 9.09. The van der Waals surface area contributed by atoms with Crippen molar-refractivity contribution in [1.29, 1.82) is 0 Å². The lowest BCUT2D eigenvalue weighted by Crippen LogP contribution is -2.50. The van der Waals surface area contributed by atoms with Crippen LogP contribution in [0.4, 0.5) is 0 Å². The van der Waals surface area contributed by atoms with Crippen molar-refractivity contribution in [2.45, 2.75) is 70.4 Å². The second kappa shape index (κ2) is 10.3. The van der Waals surface area contributed by atoms with Crippen LogP contribution in [-0.2, 0) is 20.6 Å². The highest BCUT2D eigenvalue weighted by molar-refractivity contribution is 6.74. The second-order valence-electron chi connectivity index (χ2n) is 8.01. The van der Waals surface area contributed by atoms with Crippen molar-refractivity contribution in [1.82, 2.24) is 5.32 Å². The van der Waals surface area contributed by atoms with Gasteiger partial charge in [-0.2, -0.15) is 0 Å². The van der Waals surface area contributed by atoms with Crippen molar-refractivity contribution in [2.24, 2.45) is 5.11 Å². The number of aldehydes is 1. The van der Waals surface area contributed by atoms with Gasteiger partial charge in [-0.25, -0.2) is 0 Å². The van der Waals surface area contributed by atoms with Gasteiger partial charge in [0, 0.05) is 17.9 Å². The third kappa shape index (κ3) is 7.17. The first-order valence-corrected chi connectivity index (χ1v) is 12.0. The van der Waals surface area contributed by atoms with E-state index in [1.807, 2.05) is 30.3 Å². The molecular formula is C19H30N4O3Si. The summed E-state index contributed by atoms with van der Waals surface area (Å²) in [6.07, 6.45) is 0.723. The molecule has 1 rings (SSSR count). The zero-order valence-electron chi connectivity index (χ0n) is 16.8. The zero-order valence-corrected chi connectivity index (χ0v) is 17.8. The Morgan fingerprint density at radius 3 is 2.48 bits per heavy atom. The molecule has 0 bridgehead atoms. The molecule has 0 fully saturated rings. The van der Waals surface area contributed by atoms with Gasteiger partial charge in [-0.3, -0.25) is 4.79 Å². The maximum atomic E-state index is 12.7. The summed E-state index contributed by atoms with van der Waals surface area (Å²) in [6.45, 7) is 10.7. The van der Waals surface area contributed by atoms with Gasteiger partial charge in [-0.1, -0.05) is 56.2 Å². The van der Waals surface area contributed by atoms with Crippen molar-refractivity contribution in [3.63, 3.8) is 0 Å². The molecule has 2 atom stereocenters. The minimum atomic E-state index is -2.22. The van der Waals surface area contributed by atoms with Crippen LogP contribution in [0.15, 0.2) is 35.4 Å². The summed E-state index contributed by atoms with van der Waals surface area (Å²) in [4.78, 5) is 26.4. The van der Waals surface area contributed by atoms with Crippen molar-refractivity contribution < 1.29 is 14.0 Å². The molecule has 0 heterocycles. The summed E-state index contributed by atoms with van der Waals surface area (Å²) in [5.41, 5.74) is 9.91. The Labute approximate surface area is 162 Å². The molecule has 1 N–H and O–H groups in total. The van der Waals surface area contributed by atoms with Crippen LogP contribution in [0.1, 0.15) is 39.2 Å². The van der Waals surface area contributed by atoms with Gasteiger partial charge in [0.25, 0.3) is 0 Å². The maximum absolute atomic E-state index is 12.7. The largest absolute Gasteiger partial charge is 0.413 e. The summed E-state index contributed by atoms with van der Waals surface area (Å²) in [5.74, 6) is -0.397. The van der Waals surface area contributed by atoms with Gasteiger partial charge in [0.15, 0.2) is 8.32 Å². The fourth-order valence-electron chi connectivity index (χ4n) is 2.31. The molecule has 1 aromatic rings. The molecule has 8 heteroatoms. The van der Waals surface area contributed by atoms with E-state index >= 15 is 0 Å². The SMILES string of the molecule is CC(C)(C)[Si](C)(C)O[C@H](CCC=O)[C@H](N=[N+]=[N-])C(=O)NCc1ccccc1. The fraction of sp³-hybridized carbons (Fsp3) is 0.579. The molecule has 0 saturated heterocycles. The Morgan fingerprint density at radius 1 is 1.33 bits per heavy atom. The van der Waals surface area contributed by atoms with E-state index in [9.17, 15) is 9.59 Å². The molecule has 0 radical (unpaired) electrons. The molecule has 0 aromatic heterocycles. The Balaban J connectivity index is 2.98. The summed E-state index contributed by atoms with van der Waals surface area (Å²) in [5, 5.41) is 6.44. The van der Waals surface area contributed by atoms with Crippen LogP contribution in [0.5, 0.6) is 0 Å². The van der Waals surface area contributed by atoms with Crippen LogP contribution < -0.4 is 5.32 Å². The van der Waals surface area contributed by atoms with E-state index in [-0.39, 0.29) is 11.5 Å². The van der Waals surface area contributed by atoms with E-state index in [0.29, 0.717) is 13.0 Å². The van der Waals surface area contributed by atoms with Crippen LogP contribution >= 0.6 is 0 Å². The molecule has 0 aliphatic heterocycles. The number of carbonyl (C=O) groups excluding carboxylic acids is 2. The Kier molecular flexibility index (Phi) is 8.69. The smallest absolute Gasteiger partial charge is 0.231 e. The second-order valence-corrected chi connectivity index (χ2v) is 12.8. The molecule has 0 aliphatic carbocycles. The first kappa shape index (κ1) is 22.9. The summed E-state index contributed by atoms with van der Waals surface area (Å²) < 4.78 is 6.35. The van der Waals surface area contributed by atoms with Gasteiger partial charge in [0.05, 0.1) is 6.10 Å². The third-order valence-corrected chi connectivity index (χ3v) is 9.43. The quantitative estimate of drug-likeness (QED) is 0.211. The van der Waals surface area contributed by atoms with Crippen LogP contribution in [0.2, 0.25) is 18.1 Å². The van der Waals surface area contributed by atoms with Gasteiger partial charge in [-0.15, -0.1) is 0 Å². The van der Waals surface area contributed by atoms with Gasteiger partial charge in [0.1, 0.15) is 12.3 Å². The predicted octanol–water partition coefficient (Wildman–Crippen LogP) is 4.35. The number of nitrogens with one attached hydrogen (secondary N) is 1. The van der Waals surface area contributed by atoms with Crippen LogP contribution in [-0.4, -0.2) is 32.7 Å². The topological polar surface area (TPSA) is 104 Å². The van der Waals surface area contributed by atoms with E-state index in [0.717, 1.165) is 11.8 Å². The van der Waals surface area contributed by atoms with Crippen LogP contribution in [0, 0.1) is 0 Å². The van der Waals surface area contributed by atoms with E-state index in [1.54, 1.807) is 0 Å². The highest BCUT2D eigenvalue weighted by Gasteiger charge is 2.41. The molecule has 148 valence electrons. The van der Waals surface area contributed by atoms with Crippen molar-refractivity contribution >= 4 is 20.5 Å². The van der Waals surface area contributed by atoms with Crippen molar-refractivity contribution in [2.75, 3.05) is 0 Å². The molecule has 0 unspecified atom stereocenters. The van der Waals surface area contributed by atoms with Crippen LogP contribution in [0.25, 0.3) is 10.4 Å². The molecule has 7 nitrogen and oxygen atoms in total. The summed E-state index contributed by atoms with van der Waals surface area (Å²) >= 11 is 0. The number of amides is 1. The highest BCUT2D eigenvalue weighted by Crippen LogP contribution is 2.38. The number of carbonyl (C=O) groups is 2. The highest BCUT2D eigenvalue weighted by atomic mass is 28.4. The average Bonchev–Trinajstić information content (AvgIpc) is 2.61. The van der Waals surface area contributed by atoms with Crippen LogP contribution in [0.3, 0.4) is 0 Å². The maximum Gasteiger partial charge on any atom is 0.231 e. The molecule has 0 aliphatic rings. The minimum Gasteiger partial charge on any atom is -0.413 e. The number of azide groups is 1. The number of benzene rings is 1. The van der Waals surface area contributed by atoms with E-state index < -0.39 is 26.4 Å². The van der Waals surface area contributed by atoms with Crippen molar-refractivity contribution in [3.8, 4) is 0 Å². The molecule has 0 spiro atoms. The monoisotopic (exact) mass is 390 g/mol. The molecule has 27 heavy (non-hydrogen) atoms. The van der Waals surface area contributed by atoms with Crippen molar-refractivity contribution in [3.05, 3.63) is 46.3 Å². The van der Waals surface area contributed by atoms with Gasteiger partial charge >= 0.3 is 0 Å². The predicted molar refractivity (Wildman–Crippen MR) is 109 cm³/mol.